The average molecular weight is 321 g/mol. The van der Waals surface area contributed by atoms with E-state index in [1.807, 2.05) is 18.2 Å². The number of hydrogen-bond acceptors (Lipinski definition) is 2. The Morgan fingerprint density at radius 2 is 1.94 bits per heavy atom. The van der Waals surface area contributed by atoms with Crippen LogP contribution in [0.4, 0.5) is 0 Å². The quantitative estimate of drug-likeness (QED) is 0.715. The fraction of sp³-hybridized carbons (Fsp3) is 0.538. The van der Waals surface area contributed by atoms with E-state index in [4.69, 9.17) is 16.7 Å². The van der Waals surface area contributed by atoms with Crippen LogP contribution < -0.4 is 5.32 Å². The lowest BCUT2D eigenvalue weighted by molar-refractivity contribution is 0.282. The Labute approximate surface area is 117 Å². The summed E-state index contributed by atoms with van der Waals surface area (Å²) in [6.07, 6.45) is 4.34. The average Bonchev–Trinajstić information content (AvgIpc) is 2.30. The Bertz CT molecular complexity index is 333. The van der Waals surface area contributed by atoms with Gasteiger partial charge in [0, 0.05) is 22.6 Å². The summed E-state index contributed by atoms with van der Waals surface area (Å²) in [5, 5.41) is 12.8. The fourth-order valence-electron chi connectivity index (χ4n) is 1.60. The number of nitrogens with one attached hydrogen (secondary N) is 1. The predicted molar refractivity (Wildman–Crippen MR) is 76.4 cm³/mol. The summed E-state index contributed by atoms with van der Waals surface area (Å²) in [5.74, 6) is 0. The van der Waals surface area contributed by atoms with Crippen LogP contribution in [-0.2, 0) is 6.54 Å². The number of aliphatic hydroxyl groups excluding tert-OH is 1. The van der Waals surface area contributed by atoms with Crippen molar-refractivity contribution in [3.8, 4) is 0 Å². The first-order valence-corrected chi connectivity index (χ1v) is 7.16. The van der Waals surface area contributed by atoms with Crippen LogP contribution in [0.5, 0.6) is 0 Å². The number of halogens is 2. The highest BCUT2D eigenvalue weighted by Crippen LogP contribution is 2.21. The molecule has 0 atom stereocenters. The summed E-state index contributed by atoms with van der Waals surface area (Å²) in [7, 11) is 0. The first kappa shape index (κ1) is 15.0. The Kier molecular flexibility index (Phi) is 7.86. The van der Waals surface area contributed by atoms with Gasteiger partial charge in [0.2, 0.25) is 0 Å². The first-order chi connectivity index (χ1) is 8.24. The summed E-state index contributed by atoms with van der Waals surface area (Å²) in [6.45, 7) is 2.12. The molecule has 96 valence electrons. The molecule has 1 aromatic carbocycles. The molecule has 0 heterocycles. The Morgan fingerprint density at radius 3 is 2.65 bits per heavy atom. The SMILES string of the molecule is OCCCCCCNCc1ccc(Br)cc1Cl. The number of hydrogen-bond donors (Lipinski definition) is 2. The monoisotopic (exact) mass is 319 g/mol. The van der Waals surface area contributed by atoms with E-state index in [0.29, 0.717) is 6.61 Å². The standard InChI is InChI=1S/C13H19BrClNO/c14-12-6-5-11(13(15)9-12)10-16-7-3-1-2-4-8-17/h5-6,9,16-17H,1-4,7-8,10H2. The summed E-state index contributed by atoms with van der Waals surface area (Å²) in [6, 6.07) is 5.95. The molecule has 2 N–H and O–H groups in total. The van der Waals surface area contributed by atoms with Gasteiger partial charge in [0.05, 0.1) is 0 Å². The van der Waals surface area contributed by atoms with E-state index in [0.717, 1.165) is 47.4 Å². The third kappa shape index (κ3) is 6.41. The van der Waals surface area contributed by atoms with Crippen LogP contribution in [0.3, 0.4) is 0 Å². The minimum atomic E-state index is 0.307. The van der Waals surface area contributed by atoms with Gasteiger partial charge in [-0.2, -0.15) is 0 Å². The molecule has 0 aromatic heterocycles. The highest BCUT2D eigenvalue weighted by Gasteiger charge is 2.00. The smallest absolute Gasteiger partial charge is 0.0462 e. The second-order valence-electron chi connectivity index (χ2n) is 4.05. The van der Waals surface area contributed by atoms with Crippen molar-refractivity contribution >= 4 is 27.5 Å². The van der Waals surface area contributed by atoms with Gasteiger partial charge in [0.25, 0.3) is 0 Å². The maximum atomic E-state index is 8.64. The van der Waals surface area contributed by atoms with Crippen LogP contribution in [-0.4, -0.2) is 18.3 Å². The van der Waals surface area contributed by atoms with Crippen molar-refractivity contribution in [2.75, 3.05) is 13.2 Å². The van der Waals surface area contributed by atoms with Gasteiger partial charge in [0.1, 0.15) is 0 Å². The van der Waals surface area contributed by atoms with Gasteiger partial charge in [0.15, 0.2) is 0 Å². The van der Waals surface area contributed by atoms with Crippen LogP contribution in [0.2, 0.25) is 5.02 Å². The molecule has 0 saturated carbocycles. The molecule has 0 radical (unpaired) electrons. The molecule has 2 nitrogen and oxygen atoms in total. The largest absolute Gasteiger partial charge is 0.396 e. The zero-order valence-corrected chi connectivity index (χ0v) is 12.2. The van der Waals surface area contributed by atoms with Crippen LogP contribution in [0.1, 0.15) is 31.2 Å². The van der Waals surface area contributed by atoms with Crippen LogP contribution in [0.15, 0.2) is 22.7 Å². The van der Waals surface area contributed by atoms with Gasteiger partial charge in [-0.05, 0) is 37.1 Å². The zero-order valence-electron chi connectivity index (χ0n) is 9.88. The van der Waals surface area contributed by atoms with Gasteiger partial charge < -0.3 is 10.4 Å². The second kappa shape index (κ2) is 8.92. The van der Waals surface area contributed by atoms with E-state index in [1.165, 1.54) is 6.42 Å². The highest BCUT2D eigenvalue weighted by molar-refractivity contribution is 9.10. The molecule has 0 fully saturated rings. The van der Waals surface area contributed by atoms with Gasteiger partial charge in [-0.25, -0.2) is 0 Å². The second-order valence-corrected chi connectivity index (χ2v) is 5.37. The highest BCUT2D eigenvalue weighted by atomic mass is 79.9. The maximum absolute atomic E-state index is 8.64. The molecule has 4 heteroatoms. The zero-order chi connectivity index (χ0) is 12.5. The molecule has 1 rings (SSSR count). The van der Waals surface area contributed by atoms with Crippen molar-refractivity contribution in [1.29, 1.82) is 0 Å². The van der Waals surface area contributed by atoms with Crippen molar-refractivity contribution in [2.24, 2.45) is 0 Å². The predicted octanol–water partition coefficient (Wildman–Crippen LogP) is 3.74. The summed E-state index contributed by atoms with van der Waals surface area (Å²) in [4.78, 5) is 0. The van der Waals surface area contributed by atoms with Crippen LogP contribution >= 0.6 is 27.5 Å². The van der Waals surface area contributed by atoms with Crippen molar-refractivity contribution in [3.63, 3.8) is 0 Å². The Hall–Kier alpha value is -0.0900. The molecule has 0 aliphatic carbocycles. The summed E-state index contributed by atoms with van der Waals surface area (Å²) < 4.78 is 1.01. The Morgan fingerprint density at radius 1 is 1.18 bits per heavy atom. The van der Waals surface area contributed by atoms with E-state index >= 15 is 0 Å². The minimum absolute atomic E-state index is 0.307. The lowest BCUT2D eigenvalue weighted by Gasteiger charge is -2.07. The number of rotatable bonds is 8. The van der Waals surface area contributed by atoms with E-state index in [1.54, 1.807) is 0 Å². The number of benzene rings is 1. The van der Waals surface area contributed by atoms with Crippen molar-refractivity contribution < 1.29 is 5.11 Å². The Balaban J connectivity index is 2.14. The maximum Gasteiger partial charge on any atom is 0.0462 e. The molecule has 17 heavy (non-hydrogen) atoms. The fourth-order valence-corrected chi connectivity index (χ4v) is 2.34. The third-order valence-corrected chi connectivity index (χ3v) is 3.44. The molecule has 0 spiro atoms. The van der Waals surface area contributed by atoms with Gasteiger partial charge in [-0.3, -0.25) is 0 Å². The molecular weight excluding hydrogens is 302 g/mol. The van der Waals surface area contributed by atoms with Crippen LogP contribution in [0.25, 0.3) is 0 Å². The van der Waals surface area contributed by atoms with Gasteiger partial charge in [-0.15, -0.1) is 0 Å². The molecule has 0 bridgehead atoms. The third-order valence-electron chi connectivity index (χ3n) is 2.59. The summed E-state index contributed by atoms with van der Waals surface area (Å²) in [5.41, 5.74) is 1.13. The van der Waals surface area contributed by atoms with Crippen molar-refractivity contribution in [2.45, 2.75) is 32.2 Å². The van der Waals surface area contributed by atoms with Crippen molar-refractivity contribution in [3.05, 3.63) is 33.3 Å². The number of unbranched alkanes of at least 4 members (excludes halogenated alkanes) is 3. The molecule has 0 unspecified atom stereocenters. The molecule has 0 aliphatic heterocycles. The first-order valence-electron chi connectivity index (χ1n) is 5.99. The van der Waals surface area contributed by atoms with Gasteiger partial charge in [-0.1, -0.05) is 46.4 Å². The van der Waals surface area contributed by atoms with E-state index in [2.05, 4.69) is 21.2 Å². The minimum Gasteiger partial charge on any atom is -0.396 e. The van der Waals surface area contributed by atoms with E-state index < -0.39 is 0 Å². The lowest BCUT2D eigenvalue weighted by atomic mass is 10.2. The molecule has 1 aromatic rings. The van der Waals surface area contributed by atoms with Crippen molar-refractivity contribution in [1.82, 2.24) is 5.32 Å². The van der Waals surface area contributed by atoms with Crippen LogP contribution in [0, 0.1) is 0 Å². The van der Waals surface area contributed by atoms with E-state index in [9.17, 15) is 0 Å². The van der Waals surface area contributed by atoms with E-state index in [-0.39, 0.29) is 0 Å². The summed E-state index contributed by atoms with van der Waals surface area (Å²) >= 11 is 9.50. The number of aliphatic hydroxyl groups is 1. The topological polar surface area (TPSA) is 32.3 Å². The normalized spacial score (nSPS) is 10.8. The molecule has 0 amide bonds. The molecule has 0 saturated heterocycles. The molecule has 0 aliphatic rings. The lowest BCUT2D eigenvalue weighted by Crippen LogP contribution is -2.14. The molecular formula is C13H19BrClNO. The van der Waals surface area contributed by atoms with Gasteiger partial charge >= 0.3 is 0 Å².